The molecule has 0 atom stereocenters. The monoisotopic (exact) mass is 374 g/mol. The topological polar surface area (TPSA) is 82.4 Å². The number of thiazole rings is 1. The molecule has 0 aromatic carbocycles. The molecule has 0 spiro atoms. The third-order valence-corrected chi connectivity index (χ3v) is 3.96. The first-order chi connectivity index (χ1) is 10.2. The zero-order valence-corrected chi connectivity index (χ0v) is 14.1. The lowest BCUT2D eigenvalue weighted by Gasteiger charge is -2.02. The van der Waals surface area contributed by atoms with Crippen molar-refractivity contribution in [1.29, 1.82) is 5.26 Å². The van der Waals surface area contributed by atoms with Gasteiger partial charge in [-0.15, -0.1) is 28.3 Å². The molecule has 0 bridgehead atoms. The average Bonchev–Trinajstić information content (AvgIpc) is 2.98. The Balaban J connectivity index is 0.00000176. The normalized spacial score (nSPS) is 9.82. The molecule has 0 saturated carbocycles. The molecule has 110 valence electrons. The smallest absolute Gasteiger partial charge is 0.266 e. The highest BCUT2D eigenvalue weighted by atomic mass is 79.9. The molecule has 3 aromatic heterocycles. The predicted molar refractivity (Wildman–Crippen MR) is 91.2 cm³/mol. The molecular weight excluding hydrogens is 364 g/mol. The van der Waals surface area contributed by atoms with Gasteiger partial charge in [0, 0.05) is 34.6 Å². The Morgan fingerprint density at radius 3 is 2.73 bits per heavy atom. The van der Waals surface area contributed by atoms with Crippen LogP contribution in [0.4, 0.5) is 0 Å². The number of pyridine rings is 2. The van der Waals surface area contributed by atoms with Gasteiger partial charge in [-0.1, -0.05) is 0 Å². The van der Waals surface area contributed by atoms with Crippen molar-refractivity contribution in [2.75, 3.05) is 0 Å². The summed E-state index contributed by atoms with van der Waals surface area (Å²) in [7, 11) is 0. The highest BCUT2D eigenvalue weighted by molar-refractivity contribution is 8.93. The number of aryl methyl sites for hydroxylation is 1. The van der Waals surface area contributed by atoms with Gasteiger partial charge in [-0.05, 0) is 25.1 Å². The van der Waals surface area contributed by atoms with Gasteiger partial charge in [0.25, 0.3) is 5.56 Å². The average molecular weight is 375 g/mol. The van der Waals surface area contributed by atoms with Crippen molar-refractivity contribution in [3.8, 4) is 27.9 Å². The van der Waals surface area contributed by atoms with Crippen molar-refractivity contribution in [1.82, 2.24) is 15.0 Å². The van der Waals surface area contributed by atoms with Gasteiger partial charge in [0.05, 0.1) is 5.69 Å². The van der Waals surface area contributed by atoms with E-state index in [1.165, 1.54) is 11.3 Å². The zero-order chi connectivity index (χ0) is 14.8. The summed E-state index contributed by atoms with van der Waals surface area (Å²) in [6, 6.07) is 7.26. The Morgan fingerprint density at radius 2 is 2.05 bits per heavy atom. The molecule has 1 N–H and O–H groups in total. The molecule has 0 aliphatic carbocycles. The van der Waals surface area contributed by atoms with Gasteiger partial charge in [0.2, 0.25) is 0 Å². The van der Waals surface area contributed by atoms with E-state index in [1.54, 1.807) is 25.4 Å². The van der Waals surface area contributed by atoms with Gasteiger partial charge in [-0.3, -0.25) is 9.78 Å². The van der Waals surface area contributed by atoms with Crippen molar-refractivity contribution in [2.45, 2.75) is 6.92 Å². The van der Waals surface area contributed by atoms with Crippen LogP contribution in [-0.4, -0.2) is 15.0 Å². The van der Waals surface area contributed by atoms with Gasteiger partial charge < -0.3 is 4.98 Å². The fourth-order valence-corrected chi connectivity index (χ4v) is 2.82. The molecule has 0 aliphatic heterocycles. The first kappa shape index (κ1) is 16.1. The van der Waals surface area contributed by atoms with Crippen LogP contribution < -0.4 is 5.56 Å². The largest absolute Gasteiger partial charge is 0.325 e. The van der Waals surface area contributed by atoms with E-state index >= 15 is 0 Å². The zero-order valence-electron chi connectivity index (χ0n) is 11.5. The molecule has 0 saturated heterocycles. The van der Waals surface area contributed by atoms with Crippen LogP contribution in [0.25, 0.3) is 21.8 Å². The van der Waals surface area contributed by atoms with Crippen LogP contribution in [0, 0.1) is 18.3 Å². The molecule has 0 aliphatic rings. The number of hydrogen-bond acceptors (Lipinski definition) is 5. The Bertz CT molecular complexity index is 896. The summed E-state index contributed by atoms with van der Waals surface area (Å²) in [5.74, 6) is 0. The van der Waals surface area contributed by atoms with Crippen LogP contribution in [0.5, 0.6) is 0 Å². The summed E-state index contributed by atoms with van der Waals surface area (Å²) in [4.78, 5) is 22.8. The molecule has 5 nitrogen and oxygen atoms in total. The molecule has 3 heterocycles. The minimum atomic E-state index is -0.372. The Labute approximate surface area is 141 Å². The second-order valence-electron chi connectivity index (χ2n) is 4.44. The summed E-state index contributed by atoms with van der Waals surface area (Å²) >= 11 is 1.51. The molecule has 3 rings (SSSR count). The second kappa shape index (κ2) is 6.64. The van der Waals surface area contributed by atoms with E-state index in [4.69, 9.17) is 5.26 Å². The number of H-pyrrole nitrogens is 1. The molecule has 0 amide bonds. The first-order valence-corrected chi connectivity index (χ1v) is 7.07. The number of hydrogen-bond donors (Lipinski definition) is 1. The van der Waals surface area contributed by atoms with Crippen LogP contribution in [0.3, 0.4) is 0 Å². The van der Waals surface area contributed by atoms with Crippen LogP contribution >= 0.6 is 28.3 Å². The first-order valence-electron chi connectivity index (χ1n) is 6.19. The third-order valence-electron chi connectivity index (χ3n) is 3.07. The summed E-state index contributed by atoms with van der Waals surface area (Å²) in [6.45, 7) is 1.79. The van der Waals surface area contributed by atoms with Gasteiger partial charge in [0.15, 0.2) is 0 Å². The lowest BCUT2D eigenvalue weighted by Crippen LogP contribution is -2.11. The van der Waals surface area contributed by atoms with Crippen LogP contribution in [0.2, 0.25) is 0 Å². The summed E-state index contributed by atoms with van der Waals surface area (Å²) in [5, 5.41) is 11.8. The van der Waals surface area contributed by atoms with E-state index in [0.717, 1.165) is 21.8 Å². The Kier molecular flexibility index (Phi) is 4.85. The van der Waals surface area contributed by atoms with Gasteiger partial charge in [0.1, 0.15) is 16.6 Å². The SMILES string of the molecule is Br.Cc1[nH]c(=O)c(C#N)cc1-c1csc(-c2ccncc2)n1. The summed E-state index contributed by atoms with van der Waals surface area (Å²) in [6.07, 6.45) is 3.44. The maximum absolute atomic E-state index is 11.6. The third kappa shape index (κ3) is 2.98. The predicted octanol–water partition coefficient (Wildman–Crippen LogP) is 3.32. The van der Waals surface area contributed by atoms with E-state index in [-0.39, 0.29) is 28.1 Å². The van der Waals surface area contributed by atoms with E-state index in [1.807, 2.05) is 23.6 Å². The van der Waals surface area contributed by atoms with E-state index in [0.29, 0.717) is 5.69 Å². The molecule has 7 heteroatoms. The fourth-order valence-electron chi connectivity index (χ4n) is 2.00. The number of nitriles is 1. The number of rotatable bonds is 2. The Hall–Kier alpha value is -2.30. The standard InChI is InChI=1S/C15H10N4OS.BrH/c1-9-12(6-11(7-16)14(20)18-9)13-8-21-15(19-13)10-2-4-17-5-3-10;/h2-6,8H,1H3,(H,18,20);1H. The van der Waals surface area contributed by atoms with Crippen LogP contribution in [0.1, 0.15) is 11.3 Å². The van der Waals surface area contributed by atoms with Crippen molar-refractivity contribution < 1.29 is 0 Å². The van der Waals surface area contributed by atoms with Gasteiger partial charge in [-0.2, -0.15) is 5.26 Å². The van der Waals surface area contributed by atoms with Gasteiger partial charge >= 0.3 is 0 Å². The lowest BCUT2D eigenvalue weighted by atomic mass is 10.1. The number of aromatic nitrogens is 3. The summed E-state index contributed by atoms with van der Waals surface area (Å²) < 4.78 is 0. The maximum Gasteiger partial charge on any atom is 0.266 e. The van der Waals surface area contributed by atoms with Crippen molar-refractivity contribution >= 4 is 28.3 Å². The van der Waals surface area contributed by atoms with Crippen molar-refractivity contribution in [3.05, 3.63) is 57.6 Å². The van der Waals surface area contributed by atoms with Gasteiger partial charge in [-0.25, -0.2) is 4.98 Å². The van der Waals surface area contributed by atoms with E-state index < -0.39 is 0 Å². The molecule has 0 radical (unpaired) electrons. The van der Waals surface area contributed by atoms with Crippen LogP contribution in [0.15, 0.2) is 40.8 Å². The fraction of sp³-hybridized carbons (Fsp3) is 0.0667. The van der Waals surface area contributed by atoms with Crippen molar-refractivity contribution in [3.63, 3.8) is 0 Å². The summed E-state index contributed by atoms with van der Waals surface area (Å²) in [5.41, 5.74) is 2.92. The molecular formula is C15H11BrN4OS. The molecule has 22 heavy (non-hydrogen) atoms. The highest BCUT2D eigenvalue weighted by Gasteiger charge is 2.11. The Morgan fingerprint density at radius 1 is 1.32 bits per heavy atom. The molecule has 3 aromatic rings. The van der Waals surface area contributed by atoms with E-state index in [9.17, 15) is 4.79 Å². The molecule has 0 fully saturated rings. The minimum absolute atomic E-state index is 0. The lowest BCUT2D eigenvalue weighted by molar-refractivity contribution is 1.13. The second-order valence-corrected chi connectivity index (χ2v) is 5.29. The molecule has 0 unspecified atom stereocenters. The van der Waals surface area contributed by atoms with Crippen LogP contribution in [-0.2, 0) is 0 Å². The number of halogens is 1. The number of aromatic amines is 1. The van der Waals surface area contributed by atoms with E-state index in [2.05, 4.69) is 15.0 Å². The van der Waals surface area contributed by atoms with Crippen molar-refractivity contribution in [2.24, 2.45) is 0 Å². The number of nitrogens with one attached hydrogen (secondary N) is 1. The highest BCUT2D eigenvalue weighted by Crippen LogP contribution is 2.29. The quantitative estimate of drug-likeness (QED) is 0.745. The maximum atomic E-state index is 11.6. The number of nitrogens with zero attached hydrogens (tertiary/aromatic N) is 3. The minimum Gasteiger partial charge on any atom is -0.325 e.